The maximum Gasteiger partial charge on any atom is 0.261 e. The molecule has 2 aromatic carbocycles. The number of benzene rings is 2. The Labute approximate surface area is 198 Å². The van der Waals surface area contributed by atoms with E-state index in [9.17, 15) is 9.59 Å². The molecule has 5 nitrogen and oxygen atoms in total. The number of nitrogens with one attached hydrogen (secondary N) is 1. The largest absolute Gasteiger partial charge is 0.484 e. The van der Waals surface area contributed by atoms with E-state index in [0.717, 1.165) is 12.8 Å². The zero-order chi connectivity index (χ0) is 22.8. The van der Waals surface area contributed by atoms with E-state index >= 15 is 0 Å². The molecule has 0 aliphatic heterocycles. The number of rotatable bonds is 11. The summed E-state index contributed by atoms with van der Waals surface area (Å²) in [4.78, 5) is 27.5. The van der Waals surface area contributed by atoms with Crippen molar-refractivity contribution < 1.29 is 14.3 Å². The van der Waals surface area contributed by atoms with Crippen LogP contribution in [-0.2, 0) is 16.1 Å². The van der Waals surface area contributed by atoms with Crippen molar-refractivity contribution in [3.63, 3.8) is 0 Å². The number of amides is 2. The minimum atomic E-state index is -0.654. The van der Waals surface area contributed by atoms with Gasteiger partial charge in [-0.25, -0.2) is 0 Å². The van der Waals surface area contributed by atoms with Crippen LogP contribution in [0.25, 0.3) is 0 Å². The van der Waals surface area contributed by atoms with Crippen LogP contribution >= 0.6 is 34.8 Å². The fraction of sp³-hybridized carbons (Fsp3) is 0.391. The number of ether oxygens (including phenoxy) is 1. The summed E-state index contributed by atoms with van der Waals surface area (Å²) >= 11 is 18.3. The molecule has 0 saturated carbocycles. The zero-order valence-electron chi connectivity index (χ0n) is 17.7. The molecule has 0 heterocycles. The Kier molecular flexibility index (Phi) is 10.4. The van der Waals surface area contributed by atoms with Crippen LogP contribution in [0.5, 0.6) is 5.75 Å². The van der Waals surface area contributed by atoms with Crippen LogP contribution in [0.1, 0.15) is 38.7 Å². The van der Waals surface area contributed by atoms with E-state index < -0.39 is 6.04 Å². The third-order valence-electron chi connectivity index (χ3n) is 4.73. The predicted octanol–water partition coefficient (Wildman–Crippen LogP) is 5.75. The van der Waals surface area contributed by atoms with Crippen LogP contribution in [-0.4, -0.2) is 35.9 Å². The summed E-state index contributed by atoms with van der Waals surface area (Å²) in [5, 5.41) is 4.36. The van der Waals surface area contributed by atoms with Crippen LogP contribution < -0.4 is 10.1 Å². The Morgan fingerprint density at radius 3 is 2.45 bits per heavy atom. The Balaban J connectivity index is 2.22. The summed E-state index contributed by atoms with van der Waals surface area (Å²) in [6.45, 7) is 4.41. The molecule has 0 spiro atoms. The number of halogens is 3. The Morgan fingerprint density at radius 2 is 1.81 bits per heavy atom. The van der Waals surface area contributed by atoms with Gasteiger partial charge in [-0.2, -0.15) is 0 Å². The Hall–Kier alpha value is -1.95. The maximum atomic E-state index is 13.1. The van der Waals surface area contributed by atoms with Crippen molar-refractivity contribution in [3.05, 3.63) is 63.1 Å². The van der Waals surface area contributed by atoms with Crippen molar-refractivity contribution >= 4 is 46.6 Å². The highest BCUT2D eigenvalue weighted by atomic mass is 35.5. The van der Waals surface area contributed by atoms with Gasteiger partial charge in [0.2, 0.25) is 5.91 Å². The smallest absolute Gasteiger partial charge is 0.261 e. The van der Waals surface area contributed by atoms with E-state index in [1.165, 1.54) is 4.90 Å². The predicted molar refractivity (Wildman–Crippen MR) is 126 cm³/mol. The molecular formula is C23H27Cl3N2O3. The van der Waals surface area contributed by atoms with Crippen molar-refractivity contribution in [2.75, 3.05) is 13.2 Å². The summed E-state index contributed by atoms with van der Waals surface area (Å²) in [5.41, 5.74) is 0.696. The van der Waals surface area contributed by atoms with Gasteiger partial charge in [0, 0.05) is 28.2 Å². The van der Waals surface area contributed by atoms with Crippen molar-refractivity contribution in [2.45, 2.75) is 45.7 Å². The van der Waals surface area contributed by atoms with Gasteiger partial charge >= 0.3 is 0 Å². The molecular weight excluding hydrogens is 459 g/mol. The monoisotopic (exact) mass is 484 g/mol. The van der Waals surface area contributed by atoms with Gasteiger partial charge in [0.15, 0.2) is 6.61 Å². The normalized spacial score (nSPS) is 11.6. The molecule has 8 heteroatoms. The quantitative estimate of drug-likeness (QED) is 0.412. The fourth-order valence-corrected chi connectivity index (χ4v) is 3.69. The van der Waals surface area contributed by atoms with Gasteiger partial charge in [-0.1, -0.05) is 67.2 Å². The van der Waals surface area contributed by atoms with E-state index in [0.29, 0.717) is 39.3 Å². The molecule has 0 aliphatic rings. The number of carbonyl (C=O) groups excluding carboxylic acids is 2. The molecule has 2 rings (SSSR count). The molecule has 0 aliphatic carbocycles. The fourth-order valence-electron chi connectivity index (χ4n) is 3.04. The lowest BCUT2D eigenvalue weighted by Crippen LogP contribution is -2.50. The Morgan fingerprint density at radius 1 is 1.06 bits per heavy atom. The van der Waals surface area contributed by atoms with E-state index in [1.807, 2.05) is 6.92 Å². The van der Waals surface area contributed by atoms with Gasteiger partial charge in [0.05, 0.1) is 0 Å². The molecule has 2 amide bonds. The summed E-state index contributed by atoms with van der Waals surface area (Å²) in [6.07, 6.45) is 2.29. The first-order chi connectivity index (χ1) is 14.8. The number of carbonyl (C=O) groups is 2. The van der Waals surface area contributed by atoms with Crippen LogP contribution in [0.2, 0.25) is 15.1 Å². The molecule has 0 unspecified atom stereocenters. The van der Waals surface area contributed by atoms with Crippen LogP contribution in [0.4, 0.5) is 0 Å². The van der Waals surface area contributed by atoms with Gasteiger partial charge in [-0.05, 0) is 48.7 Å². The minimum absolute atomic E-state index is 0.160. The van der Waals surface area contributed by atoms with Gasteiger partial charge in [-0.15, -0.1) is 0 Å². The average Bonchev–Trinajstić information content (AvgIpc) is 2.73. The lowest BCUT2D eigenvalue weighted by molar-refractivity contribution is -0.143. The SMILES string of the molecule is CCCCNC(=O)[C@H](CC)N(Cc1ccc(Cl)cc1Cl)C(=O)COc1cccc(Cl)c1. The van der Waals surface area contributed by atoms with Crippen molar-refractivity contribution in [2.24, 2.45) is 0 Å². The first kappa shape index (κ1) is 25.3. The highest BCUT2D eigenvalue weighted by Crippen LogP contribution is 2.24. The molecule has 1 atom stereocenters. The number of nitrogens with zero attached hydrogens (tertiary/aromatic N) is 1. The molecule has 1 N–H and O–H groups in total. The molecule has 31 heavy (non-hydrogen) atoms. The van der Waals surface area contributed by atoms with Gasteiger partial charge in [-0.3, -0.25) is 9.59 Å². The van der Waals surface area contributed by atoms with Crippen molar-refractivity contribution in [1.29, 1.82) is 0 Å². The van der Waals surface area contributed by atoms with Crippen LogP contribution in [0.15, 0.2) is 42.5 Å². The molecule has 0 fully saturated rings. The summed E-state index contributed by atoms with van der Waals surface area (Å²) in [5.74, 6) is -0.0496. The summed E-state index contributed by atoms with van der Waals surface area (Å²) in [7, 11) is 0. The number of hydrogen-bond donors (Lipinski definition) is 1. The van der Waals surface area contributed by atoms with Gasteiger partial charge < -0.3 is 15.0 Å². The first-order valence-electron chi connectivity index (χ1n) is 10.2. The lowest BCUT2D eigenvalue weighted by atomic mass is 10.1. The van der Waals surface area contributed by atoms with Gasteiger partial charge in [0.1, 0.15) is 11.8 Å². The topological polar surface area (TPSA) is 58.6 Å². The molecule has 0 saturated heterocycles. The minimum Gasteiger partial charge on any atom is -0.484 e. The van der Waals surface area contributed by atoms with Crippen LogP contribution in [0, 0.1) is 0 Å². The molecule has 168 valence electrons. The average molecular weight is 486 g/mol. The molecule has 0 radical (unpaired) electrons. The standard InChI is InChI=1S/C23H27Cl3N2O3/c1-3-5-11-27-23(30)21(4-2)28(14-16-9-10-18(25)13-20(16)26)22(29)15-31-19-8-6-7-17(24)12-19/h6-10,12-13,21H,3-5,11,14-15H2,1-2H3,(H,27,30)/t21-/m0/s1. The highest BCUT2D eigenvalue weighted by Gasteiger charge is 2.29. The van der Waals surface area contributed by atoms with E-state index in [2.05, 4.69) is 12.2 Å². The number of hydrogen-bond acceptors (Lipinski definition) is 3. The highest BCUT2D eigenvalue weighted by molar-refractivity contribution is 6.35. The van der Waals surface area contributed by atoms with Crippen LogP contribution in [0.3, 0.4) is 0 Å². The third-order valence-corrected chi connectivity index (χ3v) is 5.55. The van der Waals surface area contributed by atoms with E-state index in [1.54, 1.807) is 42.5 Å². The summed E-state index contributed by atoms with van der Waals surface area (Å²) in [6, 6.07) is 11.2. The Bertz CT molecular complexity index is 892. The van der Waals surface area contributed by atoms with E-state index in [-0.39, 0.29) is 25.0 Å². The second kappa shape index (κ2) is 12.8. The third kappa shape index (κ3) is 7.91. The summed E-state index contributed by atoms with van der Waals surface area (Å²) < 4.78 is 5.63. The second-order valence-corrected chi connectivity index (χ2v) is 8.35. The van der Waals surface area contributed by atoms with Crippen molar-refractivity contribution in [3.8, 4) is 5.75 Å². The zero-order valence-corrected chi connectivity index (χ0v) is 19.9. The lowest BCUT2D eigenvalue weighted by Gasteiger charge is -2.31. The van der Waals surface area contributed by atoms with Crippen molar-refractivity contribution in [1.82, 2.24) is 10.2 Å². The molecule has 0 aromatic heterocycles. The second-order valence-electron chi connectivity index (χ2n) is 7.07. The maximum absolute atomic E-state index is 13.1. The first-order valence-corrected chi connectivity index (χ1v) is 11.4. The van der Waals surface area contributed by atoms with Gasteiger partial charge in [0.25, 0.3) is 5.91 Å². The van der Waals surface area contributed by atoms with E-state index in [4.69, 9.17) is 39.5 Å². The molecule has 0 bridgehead atoms. The molecule has 2 aromatic rings. The number of unbranched alkanes of at least 4 members (excludes halogenated alkanes) is 1.